The number of rotatable bonds is 5. The summed E-state index contributed by atoms with van der Waals surface area (Å²) in [6.07, 6.45) is 0. The smallest absolute Gasteiger partial charge is 0.323 e. The maximum Gasteiger partial charge on any atom is 0.323 e. The van der Waals surface area contributed by atoms with Crippen LogP contribution in [-0.4, -0.2) is 23.8 Å². The highest BCUT2D eigenvalue weighted by Crippen LogP contribution is 1.98. The van der Waals surface area contributed by atoms with Gasteiger partial charge in [-0.3, -0.25) is 10.1 Å². The molecule has 2 N–H and O–H groups in total. The minimum atomic E-state index is -1.16. The molecule has 1 rings (SSSR count). The fraction of sp³-hybridized carbons (Fsp3) is 0.300. The molecule has 0 aromatic heterocycles. The van der Waals surface area contributed by atoms with Crippen molar-refractivity contribution in [1.82, 2.24) is 5.32 Å². The van der Waals surface area contributed by atoms with E-state index < -0.39 is 18.7 Å². The SMILES string of the molecule is O=C(O)[C@@H](CF)NCc1ccccc1. The molecule has 14 heavy (non-hydrogen) atoms. The molecule has 0 saturated carbocycles. The van der Waals surface area contributed by atoms with E-state index >= 15 is 0 Å². The number of hydrogen-bond acceptors (Lipinski definition) is 2. The number of nitrogens with one attached hydrogen (secondary N) is 1. The Morgan fingerprint density at radius 3 is 2.57 bits per heavy atom. The van der Waals surface area contributed by atoms with Crippen LogP contribution in [0.4, 0.5) is 4.39 Å². The van der Waals surface area contributed by atoms with Crippen LogP contribution < -0.4 is 5.32 Å². The van der Waals surface area contributed by atoms with Crippen molar-refractivity contribution in [3.8, 4) is 0 Å². The van der Waals surface area contributed by atoms with Gasteiger partial charge in [0.25, 0.3) is 0 Å². The Balaban J connectivity index is 2.44. The van der Waals surface area contributed by atoms with Gasteiger partial charge in [-0.25, -0.2) is 4.39 Å². The molecular formula is C10H12FNO2. The van der Waals surface area contributed by atoms with Crippen LogP contribution in [0, 0.1) is 0 Å². The second-order valence-corrected chi connectivity index (χ2v) is 2.91. The first-order valence-corrected chi connectivity index (χ1v) is 4.30. The quantitative estimate of drug-likeness (QED) is 0.745. The van der Waals surface area contributed by atoms with Gasteiger partial charge in [0, 0.05) is 6.54 Å². The van der Waals surface area contributed by atoms with Gasteiger partial charge in [-0.05, 0) is 5.56 Å². The van der Waals surface area contributed by atoms with E-state index in [1.54, 1.807) is 0 Å². The van der Waals surface area contributed by atoms with E-state index in [1.807, 2.05) is 30.3 Å². The number of carbonyl (C=O) groups is 1. The van der Waals surface area contributed by atoms with Crippen molar-refractivity contribution in [2.24, 2.45) is 0 Å². The molecule has 4 heteroatoms. The third kappa shape index (κ3) is 3.14. The Labute approximate surface area is 81.6 Å². The molecule has 0 saturated heterocycles. The van der Waals surface area contributed by atoms with Crippen molar-refractivity contribution in [1.29, 1.82) is 0 Å². The fourth-order valence-electron chi connectivity index (χ4n) is 1.04. The summed E-state index contributed by atoms with van der Waals surface area (Å²) in [5.74, 6) is -1.16. The molecule has 0 aliphatic carbocycles. The third-order valence-electron chi connectivity index (χ3n) is 1.85. The average molecular weight is 197 g/mol. The first kappa shape index (κ1) is 10.7. The highest BCUT2D eigenvalue weighted by molar-refractivity contribution is 5.73. The number of halogens is 1. The first-order chi connectivity index (χ1) is 6.74. The Hall–Kier alpha value is -1.42. The number of carboxylic acid groups (broad SMARTS) is 1. The molecule has 0 spiro atoms. The topological polar surface area (TPSA) is 49.3 Å². The summed E-state index contributed by atoms with van der Waals surface area (Å²) in [5.41, 5.74) is 0.937. The summed E-state index contributed by atoms with van der Waals surface area (Å²) in [5, 5.41) is 11.2. The van der Waals surface area contributed by atoms with E-state index in [2.05, 4.69) is 5.32 Å². The van der Waals surface area contributed by atoms with E-state index in [0.29, 0.717) is 6.54 Å². The normalized spacial score (nSPS) is 12.4. The minimum absolute atomic E-state index is 0.363. The lowest BCUT2D eigenvalue weighted by Gasteiger charge is -2.10. The van der Waals surface area contributed by atoms with E-state index in [9.17, 15) is 9.18 Å². The summed E-state index contributed by atoms with van der Waals surface area (Å²) in [6, 6.07) is 8.15. The van der Waals surface area contributed by atoms with Gasteiger partial charge < -0.3 is 5.11 Å². The molecule has 0 aliphatic heterocycles. The zero-order valence-corrected chi connectivity index (χ0v) is 7.61. The largest absolute Gasteiger partial charge is 0.480 e. The molecule has 0 amide bonds. The highest BCUT2D eigenvalue weighted by Gasteiger charge is 2.15. The van der Waals surface area contributed by atoms with Gasteiger partial charge in [0.15, 0.2) is 0 Å². The summed E-state index contributed by atoms with van der Waals surface area (Å²) in [6.45, 7) is -0.538. The van der Waals surface area contributed by atoms with Crippen molar-refractivity contribution in [3.63, 3.8) is 0 Å². The number of benzene rings is 1. The third-order valence-corrected chi connectivity index (χ3v) is 1.85. The van der Waals surface area contributed by atoms with E-state index in [-0.39, 0.29) is 0 Å². The minimum Gasteiger partial charge on any atom is -0.480 e. The van der Waals surface area contributed by atoms with Crippen molar-refractivity contribution >= 4 is 5.97 Å². The summed E-state index contributed by atoms with van der Waals surface area (Å²) in [7, 11) is 0. The van der Waals surface area contributed by atoms with Gasteiger partial charge >= 0.3 is 5.97 Å². The zero-order valence-electron chi connectivity index (χ0n) is 7.61. The molecule has 1 aromatic carbocycles. The number of carboxylic acids is 1. The van der Waals surface area contributed by atoms with Crippen LogP contribution in [0.3, 0.4) is 0 Å². The number of aliphatic carboxylic acids is 1. The van der Waals surface area contributed by atoms with Crippen LogP contribution in [0.1, 0.15) is 5.56 Å². The van der Waals surface area contributed by atoms with E-state index in [1.165, 1.54) is 0 Å². The van der Waals surface area contributed by atoms with Crippen molar-refractivity contribution < 1.29 is 14.3 Å². The maximum absolute atomic E-state index is 12.2. The Bertz CT molecular complexity index is 289. The van der Waals surface area contributed by atoms with Crippen molar-refractivity contribution in [2.45, 2.75) is 12.6 Å². The summed E-state index contributed by atoms with van der Waals surface area (Å²) in [4.78, 5) is 10.4. The molecule has 1 aromatic rings. The molecule has 1 atom stereocenters. The fourth-order valence-corrected chi connectivity index (χ4v) is 1.04. The molecular weight excluding hydrogens is 185 g/mol. The number of hydrogen-bond donors (Lipinski definition) is 2. The van der Waals surface area contributed by atoms with Gasteiger partial charge in [-0.2, -0.15) is 0 Å². The van der Waals surface area contributed by atoms with Gasteiger partial charge in [-0.15, -0.1) is 0 Å². The van der Waals surface area contributed by atoms with Crippen LogP contribution in [0.15, 0.2) is 30.3 Å². The molecule has 0 fully saturated rings. The molecule has 76 valence electrons. The van der Waals surface area contributed by atoms with Crippen LogP contribution >= 0.6 is 0 Å². The van der Waals surface area contributed by atoms with Crippen LogP contribution in [0.25, 0.3) is 0 Å². The molecule has 3 nitrogen and oxygen atoms in total. The van der Waals surface area contributed by atoms with Gasteiger partial charge in [0.2, 0.25) is 0 Å². The highest BCUT2D eigenvalue weighted by atomic mass is 19.1. The lowest BCUT2D eigenvalue weighted by atomic mass is 10.2. The van der Waals surface area contributed by atoms with Crippen LogP contribution in [0.2, 0.25) is 0 Å². The average Bonchev–Trinajstić information content (AvgIpc) is 2.20. The van der Waals surface area contributed by atoms with Crippen LogP contribution in [0.5, 0.6) is 0 Å². The van der Waals surface area contributed by atoms with Gasteiger partial charge in [0.1, 0.15) is 12.7 Å². The molecule has 0 unspecified atom stereocenters. The lowest BCUT2D eigenvalue weighted by molar-refractivity contribution is -0.139. The second-order valence-electron chi connectivity index (χ2n) is 2.91. The lowest BCUT2D eigenvalue weighted by Crippen LogP contribution is -2.37. The molecule has 0 radical (unpaired) electrons. The number of alkyl halides is 1. The Kier molecular flexibility index (Phi) is 4.07. The Morgan fingerprint density at radius 2 is 2.07 bits per heavy atom. The van der Waals surface area contributed by atoms with Crippen molar-refractivity contribution in [2.75, 3.05) is 6.67 Å². The zero-order chi connectivity index (χ0) is 10.4. The summed E-state index contributed by atoms with van der Waals surface area (Å²) < 4.78 is 12.2. The Morgan fingerprint density at radius 1 is 1.43 bits per heavy atom. The molecule has 0 aliphatic rings. The predicted molar refractivity (Wildman–Crippen MR) is 50.7 cm³/mol. The molecule has 0 bridgehead atoms. The van der Waals surface area contributed by atoms with E-state index in [4.69, 9.17) is 5.11 Å². The second kappa shape index (κ2) is 5.34. The van der Waals surface area contributed by atoms with Gasteiger partial charge in [-0.1, -0.05) is 30.3 Å². The maximum atomic E-state index is 12.2. The van der Waals surface area contributed by atoms with Gasteiger partial charge in [0.05, 0.1) is 0 Å². The first-order valence-electron chi connectivity index (χ1n) is 4.30. The van der Waals surface area contributed by atoms with Crippen LogP contribution in [-0.2, 0) is 11.3 Å². The molecule has 0 heterocycles. The van der Waals surface area contributed by atoms with Crippen molar-refractivity contribution in [3.05, 3.63) is 35.9 Å². The monoisotopic (exact) mass is 197 g/mol. The standard InChI is InChI=1S/C10H12FNO2/c11-6-9(10(13)14)12-7-8-4-2-1-3-5-8/h1-5,9,12H,6-7H2,(H,13,14)/t9-/m1/s1. The summed E-state index contributed by atoms with van der Waals surface area (Å²) >= 11 is 0. The predicted octanol–water partition coefficient (Wildman–Crippen LogP) is 1.20. The van der Waals surface area contributed by atoms with E-state index in [0.717, 1.165) is 5.56 Å².